The summed E-state index contributed by atoms with van der Waals surface area (Å²) in [6.07, 6.45) is -3.74. The van der Waals surface area contributed by atoms with Gasteiger partial charge in [0, 0.05) is 24.3 Å². The number of benzene rings is 3. The summed E-state index contributed by atoms with van der Waals surface area (Å²) in [5.74, 6) is -5.01. The van der Waals surface area contributed by atoms with Crippen LogP contribution in [-0.4, -0.2) is 67.6 Å². The third kappa shape index (κ3) is 5.26. The van der Waals surface area contributed by atoms with Gasteiger partial charge in [-0.25, -0.2) is 4.79 Å². The van der Waals surface area contributed by atoms with Gasteiger partial charge in [0.05, 0.1) is 24.3 Å². The minimum absolute atomic E-state index is 0.000642. The number of ether oxygens (including phenoxy) is 4. The normalized spacial score (nSPS) is 18.4. The van der Waals surface area contributed by atoms with Crippen molar-refractivity contribution in [2.24, 2.45) is 0 Å². The number of carbonyl (C=O) groups is 1. The Hall–Kier alpha value is -4.55. The van der Waals surface area contributed by atoms with Crippen LogP contribution in [0, 0.1) is 0 Å². The van der Waals surface area contributed by atoms with E-state index in [1.165, 1.54) is 24.3 Å². The lowest BCUT2D eigenvalue weighted by atomic mass is 9.90. The van der Waals surface area contributed by atoms with Crippen LogP contribution < -0.4 is 4.74 Å². The van der Waals surface area contributed by atoms with Gasteiger partial charge in [-0.1, -0.05) is 6.07 Å². The van der Waals surface area contributed by atoms with Gasteiger partial charge in [-0.2, -0.15) is 0 Å². The summed E-state index contributed by atoms with van der Waals surface area (Å²) in [5.41, 5.74) is -0.0203. The highest BCUT2D eigenvalue weighted by molar-refractivity contribution is 5.91. The lowest BCUT2D eigenvalue weighted by Crippen LogP contribution is -2.39. The Balaban J connectivity index is 1.81. The zero-order valence-corrected chi connectivity index (χ0v) is 20.1. The van der Waals surface area contributed by atoms with Crippen LogP contribution in [0.4, 0.5) is 0 Å². The van der Waals surface area contributed by atoms with Crippen molar-refractivity contribution in [2.75, 3.05) is 19.8 Å². The molecule has 0 aromatic heterocycles. The van der Waals surface area contributed by atoms with E-state index in [0.29, 0.717) is 6.61 Å². The van der Waals surface area contributed by atoms with Crippen LogP contribution in [-0.2, 0) is 14.2 Å². The third-order valence-electron chi connectivity index (χ3n) is 5.85. The Morgan fingerprint density at radius 3 is 2.21 bits per heavy atom. The molecule has 1 heterocycles. The predicted molar refractivity (Wildman–Crippen MR) is 129 cm³/mol. The zero-order chi connectivity index (χ0) is 27.6. The molecule has 0 unspecified atom stereocenters. The van der Waals surface area contributed by atoms with E-state index >= 15 is 0 Å². The van der Waals surface area contributed by atoms with Gasteiger partial charge < -0.3 is 54.7 Å². The summed E-state index contributed by atoms with van der Waals surface area (Å²) < 4.78 is 23.0. The number of fused-ring (bicyclic) bond motifs is 1. The summed E-state index contributed by atoms with van der Waals surface area (Å²) in [5, 5.41) is 69.9. The van der Waals surface area contributed by atoms with Gasteiger partial charge in [0.2, 0.25) is 0 Å². The van der Waals surface area contributed by atoms with Crippen molar-refractivity contribution in [3.05, 3.63) is 59.2 Å². The maximum atomic E-state index is 13.1. The summed E-state index contributed by atoms with van der Waals surface area (Å²) in [6, 6.07) is 7.85. The van der Waals surface area contributed by atoms with Crippen LogP contribution in [0.3, 0.4) is 0 Å². The number of phenolic OH excluding ortho intramolecular Hbond substituents is 7. The van der Waals surface area contributed by atoms with E-state index < -0.39 is 58.8 Å². The molecule has 7 N–H and O–H groups in total. The van der Waals surface area contributed by atoms with Crippen LogP contribution in [0.25, 0.3) is 0 Å². The molecule has 0 saturated carbocycles. The number of carbonyl (C=O) groups excluding carboxylic acids is 1. The second-order valence-corrected chi connectivity index (χ2v) is 8.38. The second kappa shape index (κ2) is 10.8. The fourth-order valence-electron chi connectivity index (χ4n) is 4.08. The molecular weight excluding hydrogens is 504 g/mol. The first-order valence-corrected chi connectivity index (χ1v) is 11.5. The average Bonchev–Trinajstić information content (AvgIpc) is 2.86. The maximum absolute atomic E-state index is 13.1. The van der Waals surface area contributed by atoms with Gasteiger partial charge >= 0.3 is 5.97 Å². The molecule has 0 radical (unpaired) electrons. The quantitative estimate of drug-likeness (QED) is 0.128. The van der Waals surface area contributed by atoms with Crippen LogP contribution in [0.15, 0.2) is 42.5 Å². The standard InChI is InChI=1S/C26H26O12/c1-2-35-5-6-36-24-21-17(30)10-14(27)11-20(21)37-23(12-3-4-15(28)16(29)7-12)25(24)38-26(34)13-8-18(31)22(33)19(32)9-13/h3-4,7-11,23-25,27-33H,2,5-6H2,1H3/t23-,24+,25+/m1/s1. The molecule has 12 heteroatoms. The average molecular weight is 530 g/mol. The van der Waals surface area contributed by atoms with Crippen LogP contribution >= 0.6 is 0 Å². The van der Waals surface area contributed by atoms with Crippen molar-refractivity contribution in [1.82, 2.24) is 0 Å². The number of esters is 1. The van der Waals surface area contributed by atoms with E-state index in [4.69, 9.17) is 18.9 Å². The first-order valence-electron chi connectivity index (χ1n) is 11.5. The Bertz CT molecular complexity index is 1320. The largest absolute Gasteiger partial charge is 0.508 e. The molecule has 0 spiro atoms. The molecule has 1 aliphatic rings. The smallest absolute Gasteiger partial charge is 0.338 e. The minimum atomic E-state index is -1.35. The number of hydrogen-bond donors (Lipinski definition) is 7. The molecule has 4 rings (SSSR count). The van der Waals surface area contributed by atoms with Gasteiger partial charge in [-0.15, -0.1) is 0 Å². The molecule has 12 nitrogen and oxygen atoms in total. The maximum Gasteiger partial charge on any atom is 0.338 e. The highest BCUT2D eigenvalue weighted by Gasteiger charge is 2.45. The molecule has 0 bridgehead atoms. The van der Waals surface area contributed by atoms with Crippen molar-refractivity contribution in [1.29, 1.82) is 0 Å². The van der Waals surface area contributed by atoms with Gasteiger partial charge in [-0.3, -0.25) is 0 Å². The number of rotatable bonds is 8. The van der Waals surface area contributed by atoms with Crippen LogP contribution in [0.1, 0.15) is 40.6 Å². The molecule has 0 amide bonds. The van der Waals surface area contributed by atoms with Gasteiger partial charge in [-0.05, 0) is 31.2 Å². The Morgan fingerprint density at radius 2 is 1.55 bits per heavy atom. The minimum Gasteiger partial charge on any atom is -0.508 e. The zero-order valence-electron chi connectivity index (χ0n) is 20.1. The molecule has 0 saturated heterocycles. The van der Waals surface area contributed by atoms with Gasteiger partial charge in [0.25, 0.3) is 0 Å². The number of hydrogen-bond acceptors (Lipinski definition) is 12. The predicted octanol–water partition coefficient (Wildman–Crippen LogP) is 3.08. The summed E-state index contributed by atoms with van der Waals surface area (Å²) in [7, 11) is 0. The summed E-state index contributed by atoms with van der Waals surface area (Å²) in [6.45, 7) is 2.36. The molecule has 0 fully saturated rings. The highest BCUT2D eigenvalue weighted by Crippen LogP contribution is 2.50. The highest BCUT2D eigenvalue weighted by atomic mass is 16.6. The van der Waals surface area contributed by atoms with E-state index in [9.17, 15) is 40.5 Å². The molecule has 1 aliphatic heterocycles. The fraction of sp³-hybridized carbons (Fsp3) is 0.269. The van der Waals surface area contributed by atoms with Crippen molar-refractivity contribution < 1.29 is 59.5 Å². The first-order chi connectivity index (χ1) is 18.1. The van der Waals surface area contributed by atoms with Crippen molar-refractivity contribution in [3.63, 3.8) is 0 Å². The van der Waals surface area contributed by atoms with Crippen molar-refractivity contribution >= 4 is 5.97 Å². The lowest BCUT2D eigenvalue weighted by Gasteiger charge is -2.39. The molecule has 38 heavy (non-hydrogen) atoms. The van der Waals surface area contributed by atoms with E-state index in [2.05, 4.69) is 0 Å². The fourth-order valence-corrected chi connectivity index (χ4v) is 4.08. The molecule has 0 aliphatic carbocycles. The van der Waals surface area contributed by atoms with Gasteiger partial charge in [0.1, 0.15) is 23.4 Å². The molecule has 202 valence electrons. The third-order valence-corrected chi connectivity index (χ3v) is 5.85. The van der Waals surface area contributed by atoms with Crippen LogP contribution in [0.2, 0.25) is 0 Å². The first kappa shape index (κ1) is 26.5. The second-order valence-electron chi connectivity index (χ2n) is 8.38. The summed E-state index contributed by atoms with van der Waals surface area (Å²) >= 11 is 0. The molecule has 3 atom stereocenters. The topological polar surface area (TPSA) is 196 Å². The van der Waals surface area contributed by atoms with Crippen molar-refractivity contribution in [3.8, 4) is 46.0 Å². The van der Waals surface area contributed by atoms with E-state index in [1.54, 1.807) is 6.92 Å². The monoisotopic (exact) mass is 530 g/mol. The van der Waals surface area contributed by atoms with E-state index in [1.807, 2.05) is 0 Å². The number of phenols is 7. The molecule has 3 aromatic carbocycles. The SMILES string of the molecule is CCOCCO[C@H]1c2c(O)cc(O)cc2O[C@H](c2ccc(O)c(O)c2)[C@@H]1OC(=O)c1cc(O)c(O)c(O)c1. The molecule has 3 aromatic rings. The molecular formula is C26H26O12. The number of aromatic hydroxyl groups is 7. The Kier molecular flexibility index (Phi) is 7.55. The Morgan fingerprint density at radius 1 is 0.842 bits per heavy atom. The van der Waals surface area contributed by atoms with Crippen LogP contribution in [0.5, 0.6) is 46.0 Å². The summed E-state index contributed by atoms with van der Waals surface area (Å²) in [4.78, 5) is 13.1. The van der Waals surface area contributed by atoms with Gasteiger partial charge in [0.15, 0.2) is 41.0 Å². The van der Waals surface area contributed by atoms with Crippen molar-refractivity contribution in [2.45, 2.75) is 25.2 Å². The lowest BCUT2D eigenvalue weighted by molar-refractivity contribution is -0.117. The Labute approximate surface area is 216 Å². The van der Waals surface area contributed by atoms with E-state index in [-0.39, 0.29) is 41.4 Å². The van der Waals surface area contributed by atoms with E-state index in [0.717, 1.165) is 18.2 Å².